The molecule has 0 bridgehead atoms. The molecule has 1 aromatic rings. The summed E-state index contributed by atoms with van der Waals surface area (Å²) in [6.45, 7) is 0. The summed E-state index contributed by atoms with van der Waals surface area (Å²) in [5.41, 5.74) is 0.700. The molecule has 0 unspecified atom stereocenters. The number of hydrogen-bond donors (Lipinski definition) is 2. The fourth-order valence-corrected chi connectivity index (χ4v) is 2.24. The number of nitrogens with zero attached hydrogens (tertiary/aromatic N) is 2. The van der Waals surface area contributed by atoms with Gasteiger partial charge < -0.3 is 9.84 Å². The molecule has 6 nitrogen and oxygen atoms in total. The monoisotopic (exact) mass is 275 g/mol. The van der Waals surface area contributed by atoms with Crippen molar-refractivity contribution in [1.82, 2.24) is 5.32 Å². The predicted molar refractivity (Wildman–Crippen MR) is 71.4 cm³/mol. The summed E-state index contributed by atoms with van der Waals surface area (Å²) in [7, 11) is 1.45. The van der Waals surface area contributed by atoms with Crippen molar-refractivity contribution in [3.8, 4) is 17.7 Å². The van der Waals surface area contributed by atoms with E-state index in [0.717, 1.165) is 11.8 Å². The third-order valence-corrected chi connectivity index (χ3v) is 3.21. The van der Waals surface area contributed by atoms with E-state index in [0.29, 0.717) is 16.2 Å². The van der Waals surface area contributed by atoms with Gasteiger partial charge in [-0.1, -0.05) is 6.07 Å². The zero-order valence-corrected chi connectivity index (χ0v) is 10.7. The first kappa shape index (κ1) is 13.0. The lowest BCUT2D eigenvalue weighted by Gasteiger charge is -2.03. The molecule has 7 heteroatoms. The Kier molecular flexibility index (Phi) is 3.73. The Morgan fingerprint density at radius 3 is 3.05 bits per heavy atom. The van der Waals surface area contributed by atoms with Gasteiger partial charge in [0.15, 0.2) is 16.7 Å². The minimum atomic E-state index is -0.314. The van der Waals surface area contributed by atoms with Gasteiger partial charge in [-0.25, -0.2) is 0 Å². The fourth-order valence-electron chi connectivity index (χ4n) is 1.46. The van der Waals surface area contributed by atoms with Gasteiger partial charge >= 0.3 is 0 Å². The normalized spacial score (nSPS) is 18.4. The molecule has 1 heterocycles. The Morgan fingerprint density at radius 2 is 2.37 bits per heavy atom. The first-order valence-electron chi connectivity index (χ1n) is 5.18. The number of nitrogens with one attached hydrogen (secondary N) is 1. The number of carbonyl (C=O) groups is 1. The molecule has 19 heavy (non-hydrogen) atoms. The van der Waals surface area contributed by atoms with E-state index in [1.54, 1.807) is 24.4 Å². The molecule has 1 aliphatic heterocycles. The number of ether oxygens (including phenoxy) is 1. The summed E-state index contributed by atoms with van der Waals surface area (Å²) >= 11 is 1.08. The minimum absolute atomic E-state index is 0.0277. The van der Waals surface area contributed by atoms with Crippen LogP contribution in [0.2, 0.25) is 0 Å². The van der Waals surface area contributed by atoms with Crippen LogP contribution in [-0.4, -0.2) is 23.3 Å². The van der Waals surface area contributed by atoms with Crippen LogP contribution in [0.5, 0.6) is 11.5 Å². The molecule has 0 spiro atoms. The molecule has 1 amide bonds. The average Bonchev–Trinajstić information content (AvgIpc) is 2.72. The molecule has 0 radical (unpaired) electrons. The summed E-state index contributed by atoms with van der Waals surface area (Å²) in [6.07, 6.45) is 3.24. The number of phenols is 1. The zero-order valence-electron chi connectivity index (χ0n) is 9.88. The molecular formula is C12H9N3O3S. The fraction of sp³-hybridized carbons (Fsp3) is 0.0833. The van der Waals surface area contributed by atoms with Crippen LogP contribution in [-0.2, 0) is 4.79 Å². The van der Waals surface area contributed by atoms with Crippen molar-refractivity contribution in [3.05, 3.63) is 28.7 Å². The van der Waals surface area contributed by atoms with Crippen molar-refractivity contribution in [1.29, 1.82) is 5.26 Å². The molecule has 1 aromatic carbocycles. The van der Waals surface area contributed by atoms with Gasteiger partial charge in [-0.05, 0) is 35.5 Å². The maximum atomic E-state index is 11.6. The van der Waals surface area contributed by atoms with Gasteiger partial charge in [-0.3, -0.25) is 10.1 Å². The summed E-state index contributed by atoms with van der Waals surface area (Å²) in [4.78, 5) is 15.5. The smallest absolute Gasteiger partial charge is 0.264 e. The number of nitriles is 1. The van der Waals surface area contributed by atoms with Gasteiger partial charge in [0.05, 0.1) is 12.0 Å². The van der Waals surface area contributed by atoms with Crippen molar-refractivity contribution in [3.63, 3.8) is 0 Å². The quantitative estimate of drug-likeness (QED) is 0.629. The SMILES string of the molecule is COc1cc(C=C2SC(=NC#N)NC2=O)ccc1O. The predicted octanol–water partition coefficient (Wildman–Crippen LogP) is 1.44. The third-order valence-electron chi connectivity index (χ3n) is 2.30. The van der Waals surface area contributed by atoms with E-state index >= 15 is 0 Å². The molecule has 1 saturated heterocycles. The lowest BCUT2D eigenvalue weighted by Crippen LogP contribution is -2.19. The third kappa shape index (κ3) is 2.86. The van der Waals surface area contributed by atoms with Crippen LogP contribution in [0, 0.1) is 11.5 Å². The summed E-state index contributed by atoms with van der Waals surface area (Å²) in [5.74, 6) is 0.0367. The van der Waals surface area contributed by atoms with E-state index in [1.807, 2.05) is 0 Å². The van der Waals surface area contributed by atoms with Crippen molar-refractivity contribution in [2.75, 3.05) is 7.11 Å². The van der Waals surface area contributed by atoms with Crippen LogP contribution in [0.15, 0.2) is 28.1 Å². The van der Waals surface area contributed by atoms with Crippen LogP contribution >= 0.6 is 11.8 Å². The van der Waals surface area contributed by atoms with Gasteiger partial charge in [0.1, 0.15) is 0 Å². The maximum absolute atomic E-state index is 11.6. The van der Waals surface area contributed by atoms with Crippen molar-refractivity contribution < 1.29 is 14.6 Å². The topological polar surface area (TPSA) is 94.7 Å². The van der Waals surface area contributed by atoms with Crippen LogP contribution in [0.4, 0.5) is 0 Å². The molecule has 2 N–H and O–H groups in total. The van der Waals surface area contributed by atoms with E-state index in [4.69, 9.17) is 10.00 Å². The van der Waals surface area contributed by atoms with Gasteiger partial charge in [-0.2, -0.15) is 5.26 Å². The van der Waals surface area contributed by atoms with Crippen LogP contribution in [0.3, 0.4) is 0 Å². The molecular weight excluding hydrogens is 266 g/mol. The Labute approximate surface area is 113 Å². The van der Waals surface area contributed by atoms with Crippen LogP contribution in [0.25, 0.3) is 6.08 Å². The van der Waals surface area contributed by atoms with Crippen molar-refractivity contribution in [2.24, 2.45) is 4.99 Å². The molecule has 1 aliphatic rings. The molecule has 0 saturated carbocycles. The van der Waals surface area contributed by atoms with E-state index < -0.39 is 0 Å². The second-order valence-electron chi connectivity index (χ2n) is 3.51. The van der Waals surface area contributed by atoms with Crippen LogP contribution in [0.1, 0.15) is 5.56 Å². The Bertz CT molecular complexity index is 632. The van der Waals surface area contributed by atoms with E-state index in [2.05, 4.69) is 10.3 Å². The number of hydrogen-bond acceptors (Lipinski definition) is 6. The zero-order chi connectivity index (χ0) is 13.8. The van der Waals surface area contributed by atoms with E-state index in [-0.39, 0.29) is 16.8 Å². The molecule has 0 atom stereocenters. The average molecular weight is 275 g/mol. The van der Waals surface area contributed by atoms with Crippen LogP contribution < -0.4 is 10.1 Å². The Balaban J connectivity index is 2.30. The Hall–Kier alpha value is -2.46. The molecule has 2 rings (SSSR count). The first-order valence-corrected chi connectivity index (χ1v) is 6.00. The number of thioether (sulfide) groups is 1. The number of methoxy groups -OCH3 is 1. The highest BCUT2D eigenvalue weighted by molar-refractivity contribution is 8.18. The number of aliphatic imine (C=N–C) groups is 1. The molecule has 0 aromatic heterocycles. The molecule has 96 valence electrons. The highest BCUT2D eigenvalue weighted by atomic mass is 32.2. The van der Waals surface area contributed by atoms with Gasteiger partial charge in [0.25, 0.3) is 5.91 Å². The standard InChI is InChI=1S/C12H9N3O3S/c1-18-9-4-7(2-3-8(9)16)5-10-11(17)15-12(19-10)14-6-13/h2-5,16H,1H3,(H,14,15,17). The van der Waals surface area contributed by atoms with Gasteiger partial charge in [0, 0.05) is 0 Å². The van der Waals surface area contributed by atoms with Crippen molar-refractivity contribution >= 4 is 28.9 Å². The summed E-state index contributed by atoms with van der Waals surface area (Å²) in [5, 5.41) is 20.6. The first-order chi connectivity index (χ1) is 9.13. The van der Waals surface area contributed by atoms with Gasteiger partial charge in [-0.15, -0.1) is 4.99 Å². The lowest BCUT2D eigenvalue weighted by atomic mass is 10.2. The van der Waals surface area contributed by atoms with Gasteiger partial charge in [0.2, 0.25) is 6.19 Å². The largest absolute Gasteiger partial charge is 0.504 e. The Morgan fingerprint density at radius 1 is 1.58 bits per heavy atom. The summed E-state index contributed by atoms with van der Waals surface area (Å²) < 4.78 is 4.98. The van der Waals surface area contributed by atoms with Crippen molar-refractivity contribution in [2.45, 2.75) is 0 Å². The number of benzene rings is 1. The number of rotatable bonds is 2. The second-order valence-corrected chi connectivity index (χ2v) is 4.54. The highest BCUT2D eigenvalue weighted by Crippen LogP contribution is 2.30. The maximum Gasteiger partial charge on any atom is 0.264 e. The minimum Gasteiger partial charge on any atom is -0.504 e. The second kappa shape index (κ2) is 5.46. The van der Waals surface area contributed by atoms with E-state index in [9.17, 15) is 9.90 Å². The number of amidine groups is 1. The molecule has 1 fully saturated rings. The summed E-state index contributed by atoms with van der Waals surface area (Å²) in [6, 6.07) is 4.74. The number of amides is 1. The number of aromatic hydroxyl groups is 1. The van der Waals surface area contributed by atoms with E-state index in [1.165, 1.54) is 13.2 Å². The number of phenolic OH excluding ortho intramolecular Hbond substituents is 1. The highest BCUT2D eigenvalue weighted by Gasteiger charge is 2.23. The lowest BCUT2D eigenvalue weighted by molar-refractivity contribution is -0.115. The number of carbonyl (C=O) groups excluding carboxylic acids is 1. The molecule has 0 aliphatic carbocycles.